The highest BCUT2D eigenvalue weighted by Crippen LogP contribution is 2.33. The van der Waals surface area contributed by atoms with Gasteiger partial charge < -0.3 is 14.9 Å². The van der Waals surface area contributed by atoms with E-state index < -0.39 is 17.5 Å². The molecule has 1 aliphatic heterocycles. The number of aliphatic hydroxyl groups is 1. The summed E-state index contributed by atoms with van der Waals surface area (Å²) in [6.07, 6.45) is -0.587. The second-order valence-electron chi connectivity index (χ2n) is 4.33. The fourth-order valence-corrected chi connectivity index (χ4v) is 1.95. The molecule has 1 fully saturated rings. The van der Waals surface area contributed by atoms with E-state index in [4.69, 9.17) is 9.84 Å². The molecule has 0 amide bonds. The van der Waals surface area contributed by atoms with Gasteiger partial charge in [-0.05, 0) is 17.7 Å². The Bertz CT molecular complexity index is 415. The summed E-state index contributed by atoms with van der Waals surface area (Å²) in [5.74, 6) is -0.959. The largest absolute Gasteiger partial charge is 0.478 e. The second-order valence-corrected chi connectivity index (χ2v) is 4.33. The normalized spacial score (nSPS) is 29.2. The lowest BCUT2D eigenvalue weighted by atomic mass is 9.79. The van der Waals surface area contributed by atoms with Crippen LogP contribution in [0.25, 0.3) is 0 Å². The van der Waals surface area contributed by atoms with E-state index >= 15 is 0 Å². The summed E-state index contributed by atoms with van der Waals surface area (Å²) in [7, 11) is 0. The summed E-state index contributed by atoms with van der Waals surface area (Å²) in [4.78, 5) is 10.9. The first-order valence-electron chi connectivity index (χ1n) is 5.14. The van der Waals surface area contributed by atoms with Crippen molar-refractivity contribution in [3.8, 4) is 0 Å². The van der Waals surface area contributed by atoms with Crippen LogP contribution in [-0.4, -0.2) is 35.5 Å². The summed E-state index contributed by atoms with van der Waals surface area (Å²) in [6, 6.07) is 6.65. The van der Waals surface area contributed by atoms with Gasteiger partial charge >= 0.3 is 5.97 Å². The average Bonchev–Trinajstić information content (AvgIpc) is 2.61. The van der Waals surface area contributed by atoms with Gasteiger partial charge in [0.25, 0.3) is 0 Å². The Labute approximate surface area is 93.5 Å². The molecule has 0 radical (unpaired) electrons. The van der Waals surface area contributed by atoms with E-state index in [9.17, 15) is 9.90 Å². The fourth-order valence-electron chi connectivity index (χ4n) is 1.95. The number of hydrogen-bond donors (Lipinski definition) is 2. The van der Waals surface area contributed by atoms with Crippen molar-refractivity contribution in [2.75, 3.05) is 13.2 Å². The highest BCUT2D eigenvalue weighted by atomic mass is 16.5. The Morgan fingerprint density at radius 1 is 1.56 bits per heavy atom. The van der Waals surface area contributed by atoms with Gasteiger partial charge in [-0.1, -0.05) is 19.1 Å². The maximum Gasteiger partial charge on any atom is 0.335 e. The first-order chi connectivity index (χ1) is 7.54. The van der Waals surface area contributed by atoms with E-state index in [0.717, 1.165) is 5.56 Å². The fraction of sp³-hybridized carbons (Fsp3) is 0.417. The lowest BCUT2D eigenvalue weighted by Gasteiger charge is -2.26. The van der Waals surface area contributed by atoms with Crippen molar-refractivity contribution in [1.82, 2.24) is 0 Å². The molecule has 86 valence electrons. The van der Waals surface area contributed by atoms with Crippen LogP contribution in [0, 0.1) is 0 Å². The first-order valence-corrected chi connectivity index (χ1v) is 5.14. The minimum atomic E-state index is -0.959. The van der Waals surface area contributed by atoms with Crippen molar-refractivity contribution in [1.29, 1.82) is 0 Å². The zero-order chi connectivity index (χ0) is 11.8. The molecule has 16 heavy (non-hydrogen) atoms. The van der Waals surface area contributed by atoms with Crippen molar-refractivity contribution in [2.45, 2.75) is 18.4 Å². The average molecular weight is 222 g/mol. The van der Waals surface area contributed by atoms with Crippen LogP contribution in [0.2, 0.25) is 0 Å². The predicted octanol–water partition coefficient (Wildman–Crippen LogP) is 1.03. The topological polar surface area (TPSA) is 66.8 Å². The maximum atomic E-state index is 10.9. The SMILES string of the molecule is CC1(c2cccc(C(=O)O)c2)COC[C@H]1O. The Kier molecular flexibility index (Phi) is 2.69. The zero-order valence-electron chi connectivity index (χ0n) is 9.01. The molecule has 1 saturated heterocycles. The van der Waals surface area contributed by atoms with E-state index in [-0.39, 0.29) is 5.56 Å². The van der Waals surface area contributed by atoms with Crippen molar-refractivity contribution in [3.63, 3.8) is 0 Å². The molecule has 2 atom stereocenters. The van der Waals surface area contributed by atoms with Crippen LogP contribution in [0.5, 0.6) is 0 Å². The van der Waals surface area contributed by atoms with Crippen molar-refractivity contribution >= 4 is 5.97 Å². The van der Waals surface area contributed by atoms with Crippen molar-refractivity contribution < 1.29 is 19.7 Å². The third-order valence-corrected chi connectivity index (χ3v) is 3.18. The van der Waals surface area contributed by atoms with Crippen molar-refractivity contribution in [2.24, 2.45) is 0 Å². The molecular formula is C12H14O4. The van der Waals surface area contributed by atoms with Crippen LogP contribution in [-0.2, 0) is 10.2 Å². The quantitative estimate of drug-likeness (QED) is 0.784. The molecule has 4 nitrogen and oxygen atoms in total. The van der Waals surface area contributed by atoms with Gasteiger partial charge in [0.2, 0.25) is 0 Å². The summed E-state index contributed by atoms with van der Waals surface area (Å²) < 4.78 is 5.23. The number of aromatic carboxylic acids is 1. The molecule has 4 heteroatoms. The van der Waals surface area contributed by atoms with Gasteiger partial charge in [-0.25, -0.2) is 4.79 Å². The lowest BCUT2D eigenvalue weighted by Crippen LogP contribution is -2.35. The molecule has 0 aromatic heterocycles. The number of carboxylic acids is 1. The van der Waals surface area contributed by atoms with Crippen LogP contribution in [0.3, 0.4) is 0 Å². The highest BCUT2D eigenvalue weighted by molar-refractivity contribution is 5.87. The molecule has 2 rings (SSSR count). The standard InChI is InChI=1S/C12H14O4/c1-12(7-16-6-10(12)13)9-4-2-3-8(5-9)11(14)15/h2-5,10,13H,6-7H2,1H3,(H,14,15)/t10-,12?/m1/s1. The molecule has 1 aromatic carbocycles. The molecule has 0 aliphatic carbocycles. The second kappa shape index (κ2) is 3.88. The Hall–Kier alpha value is -1.39. The van der Waals surface area contributed by atoms with E-state index in [1.165, 1.54) is 6.07 Å². The predicted molar refractivity (Wildman–Crippen MR) is 57.6 cm³/mol. The van der Waals surface area contributed by atoms with Crippen LogP contribution in [0.15, 0.2) is 24.3 Å². The first kappa shape index (κ1) is 11.1. The van der Waals surface area contributed by atoms with E-state index in [2.05, 4.69) is 0 Å². The highest BCUT2D eigenvalue weighted by Gasteiger charge is 2.40. The molecule has 0 spiro atoms. The van der Waals surface area contributed by atoms with Crippen LogP contribution < -0.4 is 0 Å². The third-order valence-electron chi connectivity index (χ3n) is 3.18. The molecule has 0 saturated carbocycles. The Morgan fingerprint density at radius 3 is 2.88 bits per heavy atom. The van der Waals surface area contributed by atoms with Gasteiger partial charge in [0.15, 0.2) is 0 Å². The maximum absolute atomic E-state index is 10.9. The zero-order valence-corrected chi connectivity index (χ0v) is 9.01. The number of carbonyl (C=O) groups is 1. The monoisotopic (exact) mass is 222 g/mol. The van der Waals surface area contributed by atoms with E-state index in [1.54, 1.807) is 12.1 Å². The number of benzene rings is 1. The Morgan fingerprint density at radius 2 is 2.31 bits per heavy atom. The molecule has 1 heterocycles. The number of rotatable bonds is 2. The summed E-state index contributed by atoms with van der Waals surface area (Å²) in [5, 5.41) is 18.8. The summed E-state index contributed by atoms with van der Waals surface area (Å²) in [5.41, 5.74) is 0.529. The van der Waals surface area contributed by atoms with E-state index in [1.807, 2.05) is 13.0 Å². The molecular weight excluding hydrogens is 208 g/mol. The van der Waals surface area contributed by atoms with Gasteiger partial charge in [-0.3, -0.25) is 0 Å². The number of ether oxygens (including phenoxy) is 1. The number of aliphatic hydroxyl groups excluding tert-OH is 1. The number of carboxylic acid groups (broad SMARTS) is 1. The van der Waals surface area contributed by atoms with Crippen molar-refractivity contribution in [3.05, 3.63) is 35.4 Å². The molecule has 0 bridgehead atoms. The molecule has 2 N–H and O–H groups in total. The minimum Gasteiger partial charge on any atom is -0.478 e. The van der Waals surface area contributed by atoms with Gasteiger partial charge in [-0.15, -0.1) is 0 Å². The smallest absolute Gasteiger partial charge is 0.335 e. The summed E-state index contributed by atoms with van der Waals surface area (Å²) in [6.45, 7) is 2.59. The van der Waals surface area contributed by atoms with Crippen LogP contribution in [0.4, 0.5) is 0 Å². The van der Waals surface area contributed by atoms with Crippen LogP contribution in [0.1, 0.15) is 22.8 Å². The minimum absolute atomic E-state index is 0.234. The Balaban J connectivity index is 2.40. The third kappa shape index (κ3) is 1.70. The molecule has 1 unspecified atom stereocenters. The van der Waals surface area contributed by atoms with E-state index in [0.29, 0.717) is 13.2 Å². The lowest BCUT2D eigenvalue weighted by molar-refractivity contribution is 0.0696. The number of hydrogen-bond acceptors (Lipinski definition) is 3. The van der Waals surface area contributed by atoms with Crippen LogP contribution >= 0.6 is 0 Å². The van der Waals surface area contributed by atoms with Gasteiger partial charge in [0.05, 0.1) is 24.9 Å². The molecule has 1 aromatic rings. The van der Waals surface area contributed by atoms with Gasteiger partial charge in [-0.2, -0.15) is 0 Å². The van der Waals surface area contributed by atoms with Gasteiger partial charge in [0.1, 0.15) is 0 Å². The van der Waals surface area contributed by atoms with Gasteiger partial charge in [0, 0.05) is 5.41 Å². The summed E-state index contributed by atoms with van der Waals surface area (Å²) >= 11 is 0. The molecule has 1 aliphatic rings.